The normalized spacial score (nSPS) is 13.9. The highest BCUT2D eigenvalue weighted by molar-refractivity contribution is 5.60. The minimum absolute atomic E-state index is 0.00459. The lowest BCUT2D eigenvalue weighted by molar-refractivity contribution is -0.385. The highest BCUT2D eigenvalue weighted by Crippen LogP contribution is 2.43. The van der Waals surface area contributed by atoms with Gasteiger partial charge in [-0.1, -0.05) is 0 Å². The summed E-state index contributed by atoms with van der Waals surface area (Å²) in [7, 11) is 0. The maximum Gasteiger partial charge on any atom is 0.315 e. The Balaban J connectivity index is 2.61. The van der Waals surface area contributed by atoms with Crippen LogP contribution in [0.2, 0.25) is 0 Å². The van der Waals surface area contributed by atoms with Gasteiger partial charge in [-0.3, -0.25) is 10.1 Å². The lowest BCUT2D eigenvalue weighted by atomic mass is 9.95. The van der Waals surface area contributed by atoms with Crippen molar-refractivity contribution in [3.63, 3.8) is 0 Å². The minimum Gasteiger partial charge on any atom is -0.453 e. The van der Waals surface area contributed by atoms with Gasteiger partial charge < -0.3 is 15.2 Å². The molecule has 2 N–H and O–H groups in total. The Morgan fingerprint density at radius 2 is 2.12 bits per heavy atom. The molecule has 0 aliphatic carbocycles. The Morgan fingerprint density at radius 1 is 1.44 bits per heavy atom. The third-order valence-electron chi connectivity index (χ3n) is 2.39. The topological polar surface area (TPSA) is 87.6 Å². The van der Waals surface area contributed by atoms with E-state index in [-0.39, 0.29) is 18.2 Å². The molecule has 0 spiro atoms. The first-order chi connectivity index (χ1) is 7.39. The predicted octanol–water partition coefficient (Wildman–Crippen LogP) is 1.52. The number of ether oxygens (including phenoxy) is 2. The third-order valence-corrected chi connectivity index (χ3v) is 2.39. The average molecular weight is 224 g/mol. The van der Waals surface area contributed by atoms with E-state index in [0.29, 0.717) is 11.3 Å². The maximum atomic E-state index is 10.9. The summed E-state index contributed by atoms with van der Waals surface area (Å²) in [6.07, 6.45) is 0. The molecule has 1 heterocycles. The molecule has 86 valence electrons. The van der Waals surface area contributed by atoms with Crippen LogP contribution in [0.25, 0.3) is 0 Å². The van der Waals surface area contributed by atoms with Crippen molar-refractivity contribution in [2.24, 2.45) is 5.73 Å². The number of rotatable bonds is 2. The van der Waals surface area contributed by atoms with E-state index < -0.39 is 10.5 Å². The van der Waals surface area contributed by atoms with Gasteiger partial charge in [-0.2, -0.15) is 0 Å². The average Bonchev–Trinajstić information content (AvgIpc) is 2.61. The van der Waals surface area contributed by atoms with Crippen molar-refractivity contribution in [2.75, 3.05) is 6.79 Å². The molecule has 1 aliphatic heterocycles. The van der Waals surface area contributed by atoms with Gasteiger partial charge in [0, 0.05) is 11.6 Å². The van der Waals surface area contributed by atoms with E-state index in [4.69, 9.17) is 15.2 Å². The smallest absolute Gasteiger partial charge is 0.315 e. The molecule has 0 fully saturated rings. The second-order valence-electron chi connectivity index (χ2n) is 4.21. The van der Waals surface area contributed by atoms with E-state index >= 15 is 0 Å². The van der Waals surface area contributed by atoms with Crippen molar-refractivity contribution in [3.8, 4) is 11.5 Å². The number of benzene rings is 1. The first-order valence-corrected chi connectivity index (χ1v) is 4.77. The fraction of sp³-hybridized carbons (Fsp3) is 0.400. The summed E-state index contributed by atoms with van der Waals surface area (Å²) in [4.78, 5) is 10.4. The van der Waals surface area contributed by atoms with E-state index in [1.165, 1.54) is 6.07 Å². The molecule has 6 heteroatoms. The Kier molecular flexibility index (Phi) is 2.23. The van der Waals surface area contributed by atoms with Gasteiger partial charge in [0.1, 0.15) is 0 Å². The molecule has 0 saturated heterocycles. The molecule has 1 aliphatic rings. The van der Waals surface area contributed by atoms with Gasteiger partial charge in [-0.05, 0) is 25.5 Å². The second-order valence-corrected chi connectivity index (χ2v) is 4.21. The molecule has 0 radical (unpaired) electrons. The summed E-state index contributed by atoms with van der Waals surface area (Å²) in [5.41, 5.74) is 5.77. The molecular weight excluding hydrogens is 212 g/mol. The number of nitrogens with zero attached hydrogens (tertiary/aromatic N) is 1. The monoisotopic (exact) mass is 224 g/mol. The second kappa shape index (κ2) is 3.34. The molecule has 0 unspecified atom stereocenters. The van der Waals surface area contributed by atoms with Gasteiger partial charge in [0.25, 0.3) is 0 Å². The maximum absolute atomic E-state index is 10.9. The Hall–Kier alpha value is -1.82. The standard InChI is InChI=1S/C10H12N2O4/c1-10(2,11)6-3-7(12(13)14)9-8(4-6)15-5-16-9/h3-4H,5,11H2,1-2H3. The Labute approximate surface area is 92.1 Å². The molecule has 1 aromatic carbocycles. The van der Waals surface area contributed by atoms with Crippen molar-refractivity contribution in [1.29, 1.82) is 0 Å². The van der Waals surface area contributed by atoms with Crippen LogP contribution in [0.3, 0.4) is 0 Å². The number of nitro benzene ring substituents is 1. The van der Waals surface area contributed by atoms with Crippen LogP contribution < -0.4 is 15.2 Å². The van der Waals surface area contributed by atoms with E-state index in [1.807, 2.05) is 0 Å². The first-order valence-electron chi connectivity index (χ1n) is 4.77. The minimum atomic E-state index is -0.661. The van der Waals surface area contributed by atoms with Crippen LogP contribution in [0.15, 0.2) is 12.1 Å². The Bertz CT molecular complexity index is 451. The van der Waals surface area contributed by atoms with Crippen molar-refractivity contribution >= 4 is 5.69 Å². The SMILES string of the molecule is CC(C)(N)c1cc2c(c([N+](=O)[O-])c1)OCO2. The lowest BCUT2D eigenvalue weighted by Crippen LogP contribution is -2.28. The predicted molar refractivity (Wildman–Crippen MR) is 56.4 cm³/mol. The fourth-order valence-electron chi connectivity index (χ4n) is 1.50. The van der Waals surface area contributed by atoms with Gasteiger partial charge in [0.15, 0.2) is 5.75 Å². The van der Waals surface area contributed by atoms with Gasteiger partial charge in [-0.25, -0.2) is 0 Å². The molecule has 0 atom stereocenters. The summed E-state index contributed by atoms with van der Waals surface area (Å²) in [6.45, 7) is 3.55. The van der Waals surface area contributed by atoms with E-state index in [9.17, 15) is 10.1 Å². The molecule has 6 nitrogen and oxygen atoms in total. The van der Waals surface area contributed by atoms with Crippen LogP contribution >= 0.6 is 0 Å². The van der Waals surface area contributed by atoms with Gasteiger partial charge in [0.05, 0.1) is 4.92 Å². The van der Waals surface area contributed by atoms with Crippen LogP contribution in [0.4, 0.5) is 5.69 Å². The molecular formula is C10H12N2O4. The number of fused-ring (bicyclic) bond motifs is 1. The van der Waals surface area contributed by atoms with Crippen molar-refractivity contribution < 1.29 is 14.4 Å². The van der Waals surface area contributed by atoms with Crippen molar-refractivity contribution in [2.45, 2.75) is 19.4 Å². The van der Waals surface area contributed by atoms with Gasteiger partial charge in [-0.15, -0.1) is 0 Å². The summed E-state index contributed by atoms with van der Waals surface area (Å²) < 4.78 is 10.2. The van der Waals surface area contributed by atoms with Gasteiger partial charge in [0.2, 0.25) is 12.5 Å². The van der Waals surface area contributed by atoms with E-state index in [0.717, 1.165) is 0 Å². The number of hydrogen-bond acceptors (Lipinski definition) is 5. The zero-order chi connectivity index (χ0) is 11.9. The van der Waals surface area contributed by atoms with E-state index in [2.05, 4.69) is 0 Å². The fourth-order valence-corrected chi connectivity index (χ4v) is 1.50. The molecule has 2 rings (SSSR count). The zero-order valence-electron chi connectivity index (χ0n) is 9.02. The number of hydrogen-bond donors (Lipinski definition) is 1. The van der Waals surface area contributed by atoms with Crippen molar-refractivity contribution in [1.82, 2.24) is 0 Å². The van der Waals surface area contributed by atoms with Crippen LogP contribution in [0.1, 0.15) is 19.4 Å². The van der Waals surface area contributed by atoms with Gasteiger partial charge >= 0.3 is 5.69 Å². The highest BCUT2D eigenvalue weighted by Gasteiger charge is 2.29. The molecule has 1 aromatic rings. The molecule has 16 heavy (non-hydrogen) atoms. The molecule has 0 bridgehead atoms. The quantitative estimate of drug-likeness (QED) is 0.607. The Morgan fingerprint density at radius 3 is 2.69 bits per heavy atom. The highest BCUT2D eigenvalue weighted by atomic mass is 16.7. The van der Waals surface area contributed by atoms with Crippen LogP contribution in [-0.4, -0.2) is 11.7 Å². The third kappa shape index (κ3) is 1.67. The number of nitro groups is 1. The van der Waals surface area contributed by atoms with Crippen LogP contribution in [0, 0.1) is 10.1 Å². The van der Waals surface area contributed by atoms with Crippen LogP contribution in [-0.2, 0) is 5.54 Å². The summed E-state index contributed by atoms with van der Waals surface area (Å²) in [5.74, 6) is 0.556. The lowest BCUT2D eigenvalue weighted by Gasteiger charge is -2.19. The molecule has 0 aromatic heterocycles. The summed E-state index contributed by atoms with van der Waals surface area (Å²) in [5, 5.41) is 10.9. The molecule has 0 amide bonds. The van der Waals surface area contributed by atoms with Crippen molar-refractivity contribution in [3.05, 3.63) is 27.8 Å². The van der Waals surface area contributed by atoms with Crippen LogP contribution in [0.5, 0.6) is 11.5 Å². The zero-order valence-corrected chi connectivity index (χ0v) is 9.02. The summed E-state index contributed by atoms with van der Waals surface area (Å²) >= 11 is 0. The molecule has 0 saturated carbocycles. The summed E-state index contributed by atoms with van der Waals surface area (Å²) in [6, 6.07) is 3.10. The largest absolute Gasteiger partial charge is 0.453 e. The first kappa shape index (κ1) is 10.7. The van der Waals surface area contributed by atoms with E-state index in [1.54, 1.807) is 19.9 Å². The number of nitrogens with two attached hydrogens (primary N) is 1.